The summed E-state index contributed by atoms with van der Waals surface area (Å²) in [5.41, 5.74) is -0.00380. The number of aromatic nitrogens is 2. The van der Waals surface area contributed by atoms with Crippen LogP contribution in [-0.4, -0.2) is 22.1 Å². The molecule has 4 nitrogen and oxygen atoms in total. The van der Waals surface area contributed by atoms with Crippen LogP contribution < -0.4 is 11.0 Å². The molecule has 2 heterocycles. The molecule has 0 radical (unpaired) electrons. The normalized spacial score (nSPS) is 29.4. The average molecular weight is 167 g/mol. The van der Waals surface area contributed by atoms with Crippen molar-refractivity contribution in [3.63, 3.8) is 0 Å². The van der Waals surface area contributed by atoms with Crippen LogP contribution in [-0.2, 0) is 0 Å². The van der Waals surface area contributed by atoms with E-state index in [-0.39, 0.29) is 5.69 Å². The average Bonchev–Trinajstić information content (AvgIpc) is 2.58. The van der Waals surface area contributed by atoms with Crippen LogP contribution >= 0.6 is 0 Å². The fourth-order valence-electron chi connectivity index (χ4n) is 1.74. The first kappa shape index (κ1) is 7.61. The van der Waals surface area contributed by atoms with Crippen LogP contribution in [0.1, 0.15) is 19.4 Å². The van der Waals surface area contributed by atoms with Gasteiger partial charge in [-0.3, -0.25) is 4.57 Å². The molecule has 1 aromatic heterocycles. The minimum absolute atomic E-state index is 0.00380. The third-order valence-corrected chi connectivity index (χ3v) is 2.40. The van der Waals surface area contributed by atoms with Gasteiger partial charge in [0.2, 0.25) is 0 Å². The van der Waals surface area contributed by atoms with Crippen molar-refractivity contribution in [2.75, 3.05) is 6.54 Å². The molecule has 2 rings (SSSR count). The summed E-state index contributed by atoms with van der Waals surface area (Å²) < 4.78 is 1.76. The maximum atomic E-state index is 11.2. The molecule has 0 aromatic carbocycles. The van der Waals surface area contributed by atoms with E-state index in [0.29, 0.717) is 12.1 Å². The highest BCUT2D eigenvalue weighted by Crippen LogP contribution is 2.16. The highest BCUT2D eigenvalue weighted by molar-refractivity contribution is 4.88. The van der Waals surface area contributed by atoms with Gasteiger partial charge in [-0.2, -0.15) is 0 Å². The van der Waals surface area contributed by atoms with Gasteiger partial charge in [0.25, 0.3) is 0 Å². The first-order chi connectivity index (χ1) is 5.77. The summed E-state index contributed by atoms with van der Waals surface area (Å²) in [7, 11) is 0. The number of nitrogens with one attached hydrogen (secondary N) is 2. The minimum atomic E-state index is -0.00380. The van der Waals surface area contributed by atoms with E-state index in [0.717, 1.165) is 13.0 Å². The lowest BCUT2D eigenvalue weighted by molar-refractivity contribution is 0.521. The Morgan fingerprint density at radius 2 is 2.50 bits per heavy atom. The third kappa shape index (κ3) is 1.18. The van der Waals surface area contributed by atoms with Gasteiger partial charge in [-0.25, -0.2) is 4.79 Å². The largest absolute Gasteiger partial charge is 0.325 e. The van der Waals surface area contributed by atoms with Gasteiger partial charge in [0, 0.05) is 25.0 Å². The van der Waals surface area contributed by atoms with E-state index >= 15 is 0 Å². The van der Waals surface area contributed by atoms with Crippen molar-refractivity contribution >= 4 is 0 Å². The zero-order chi connectivity index (χ0) is 8.55. The second-order valence-electron chi connectivity index (χ2n) is 3.37. The molecule has 1 aromatic rings. The summed E-state index contributed by atoms with van der Waals surface area (Å²) in [6.45, 7) is 3.04. The Labute approximate surface area is 70.6 Å². The summed E-state index contributed by atoms with van der Waals surface area (Å²) in [5.74, 6) is 0. The highest BCUT2D eigenvalue weighted by Gasteiger charge is 2.22. The SMILES string of the molecule is CC1CC(n2cc[nH]c2=O)CN1. The molecule has 2 atom stereocenters. The monoisotopic (exact) mass is 167 g/mol. The second kappa shape index (κ2) is 2.79. The Hall–Kier alpha value is -1.03. The molecule has 1 saturated heterocycles. The predicted molar refractivity (Wildman–Crippen MR) is 46.2 cm³/mol. The number of H-pyrrole nitrogens is 1. The lowest BCUT2D eigenvalue weighted by Gasteiger charge is -2.07. The van der Waals surface area contributed by atoms with Crippen molar-refractivity contribution in [1.29, 1.82) is 0 Å². The van der Waals surface area contributed by atoms with Crippen molar-refractivity contribution in [2.24, 2.45) is 0 Å². The van der Waals surface area contributed by atoms with Crippen LogP contribution in [0.15, 0.2) is 17.2 Å². The van der Waals surface area contributed by atoms with Gasteiger partial charge in [0.05, 0.1) is 6.04 Å². The first-order valence-electron chi connectivity index (χ1n) is 4.26. The smallest absolute Gasteiger partial charge is 0.313 e. The lowest BCUT2D eigenvalue weighted by atomic mass is 10.2. The fraction of sp³-hybridized carbons (Fsp3) is 0.625. The molecule has 0 bridgehead atoms. The number of nitrogens with zero attached hydrogens (tertiary/aromatic N) is 1. The van der Waals surface area contributed by atoms with Crippen LogP contribution in [0.5, 0.6) is 0 Å². The molecule has 2 N–H and O–H groups in total. The molecule has 12 heavy (non-hydrogen) atoms. The van der Waals surface area contributed by atoms with Crippen molar-refractivity contribution in [1.82, 2.24) is 14.9 Å². The fourth-order valence-corrected chi connectivity index (χ4v) is 1.74. The van der Waals surface area contributed by atoms with Crippen molar-refractivity contribution in [2.45, 2.75) is 25.4 Å². The highest BCUT2D eigenvalue weighted by atomic mass is 16.1. The molecule has 0 saturated carbocycles. The minimum Gasteiger partial charge on any atom is -0.313 e. The van der Waals surface area contributed by atoms with Gasteiger partial charge < -0.3 is 10.3 Å². The molecular formula is C8H13N3O. The number of imidazole rings is 1. The van der Waals surface area contributed by atoms with E-state index in [9.17, 15) is 4.79 Å². The van der Waals surface area contributed by atoms with Crippen LogP contribution in [0.2, 0.25) is 0 Å². The molecule has 0 amide bonds. The summed E-state index contributed by atoms with van der Waals surface area (Å²) >= 11 is 0. The molecular weight excluding hydrogens is 154 g/mol. The first-order valence-corrected chi connectivity index (χ1v) is 4.26. The maximum Gasteiger partial charge on any atom is 0.325 e. The van der Waals surface area contributed by atoms with E-state index in [4.69, 9.17) is 0 Å². The van der Waals surface area contributed by atoms with E-state index in [1.54, 1.807) is 10.8 Å². The van der Waals surface area contributed by atoms with Gasteiger partial charge in [-0.1, -0.05) is 0 Å². The van der Waals surface area contributed by atoms with Gasteiger partial charge in [0.1, 0.15) is 0 Å². The summed E-state index contributed by atoms with van der Waals surface area (Å²) in [4.78, 5) is 13.8. The predicted octanol–water partition coefficient (Wildman–Crippen LogP) is 0.0993. The number of aromatic amines is 1. The van der Waals surface area contributed by atoms with E-state index in [1.807, 2.05) is 6.20 Å². The quantitative estimate of drug-likeness (QED) is 0.623. The molecule has 1 fully saturated rings. The van der Waals surface area contributed by atoms with Crippen LogP contribution in [0.3, 0.4) is 0 Å². The van der Waals surface area contributed by atoms with E-state index < -0.39 is 0 Å². The van der Waals surface area contributed by atoms with Gasteiger partial charge in [-0.05, 0) is 13.3 Å². The zero-order valence-electron chi connectivity index (χ0n) is 7.08. The Kier molecular flexibility index (Phi) is 1.77. The van der Waals surface area contributed by atoms with Gasteiger partial charge in [0.15, 0.2) is 0 Å². The van der Waals surface area contributed by atoms with Crippen molar-refractivity contribution in [3.8, 4) is 0 Å². The van der Waals surface area contributed by atoms with Gasteiger partial charge in [-0.15, -0.1) is 0 Å². The van der Waals surface area contributed by atoms with E-state index in [2.05, 4.69) is 17.2 Å². The zero-order valence-corrected chi connectivity index (χ0v) is 7.08. The molecule has 66 valence electrons. The summed E-state index contributed by atoms with van der Waals surface area (Å²) in [6, 6.07) is 0.857. The number of rotatable bonds is 1. The van der Waals surface area contributed by atoms with Crippen LogP contribution in [0.4, 0.5) is 0 Å². The Balaban J connectivity index is 2.21. The molecule has 2 unspecified atom stereocenters. The molecule has 1 aliphatic heterocycles. The van der Waals surface area contributed by atoms with Crippen LogP contribution in [0.25, 0.3) is 0 Å². The van der Waals surface area contributed by atoms with Crippen molar-refractivity contribution in [3.05, 3.63) is 22.9 Å². The second-order valence-corrected chi connectivity index (χ2v) is 3.37. The topological polar surface area (TPSA) is 49.8 Å². The maximum absolute atomic E-state index is 11.2. The van der Waals surface area contributed by atoms with E-state index in [1.165, 1.54) is 0 Å². The van der Waals surface area contributed by atoms with Crippen molar-refractivity contribution < 1.29 is 0 Å². The number of hydrogen-bond donors (Lipinski definition) is 2. The number of hydrogen-bond acceptors (Lipinski definition) is 2. The Morgan fingerprint density at radius 1 is 1.67 bits per heavy atom. The molecule has 4 heteroatoms. The Morgan fingerprint density at radius 3 is 3.00 bits per heavy atom. The lowest BCUT2D eigenvalue weighted by Crippen LogP contribution is -2.23. The van der Waals surface area contributed by atoms with Crippen LogP contribution in [0, 0.1) is 0 Å². The summed E-state index contributed by atoms with van der Waals surface area (Å²) in [5, 5.41) is 3.31. The molecule has 0 spiro atoms. The standard InChI is InChI=1S/C8H13N3O/c1-6-4-7(5-10-6)11-3-2-9-8(11)12/h2-3,6-7,10H,4-5H2,1H3,(H,9,12). The Bertz CT molecular complexity index is 314. The third-order valence-electron chi connectivity index (χ3n) is 2.40. The van der Waals surface area contributed by atoms with Gasteiger partial charge >= 0.3 is 5.69 Å². The molecule has 1 aliphatic rings. The molecule has 0 aliphatic carbocycles. The summed E-state index contributed by atoms with van der Waals surface area (Å²) in [6.07, 6.45) is 4.54.